The Hall–Kier alpha value is -4.19. The van der Waals surface area contributed by atoms with Crippen molar-refractivity contribution in [2.24, 2.45) is 5.92 Å². The summed E-state index contributed by atoms with van der Waals surface area (Å²) in [7, 11) is 0. The van der Waals surface area contributed by atoms with E-state index in [4.69, 9.17) is 16.3 Å². The van der Waals surface area contributed by atoms with Crippen LogP contribution in [0.3, 0.4) is 0 Å². The Kier molecular flexibility index (Phi) is 8.19. The van der Waals surface area contributed by atoms with Gasteiger partial charge in [0, 0.05) is 21.5 Å². The molecule has 3 aromatic carbocycles. The fraction of sp³-hybridized carbons (Fsp3) is 0.219. The Labute approximate surface area is 265 Å². The maximum atomic E-state index is 14.1. The number of nitrogens with zero attached hydrogens (tertiary/aromatic N) is 2. The van der Waals surface area contributed by atoms with Crippen molar-refractivity contribution in [3.05, 3.63) is 109 Å². The van der Waals surface area contributed by atoms with Crippen molar-refractivity contribution in [3.8, 4) is 0 Å². The standard InChI is InChI=1S/C32H26ClN3O6S2/c1-3-42-31(40)19-8-14-22(15-9-19)36-28(38)25-24(18-6-10-20(33)11-7-18)27-30(43-26(25)29(36)39)35(32(41)44-27)16-23(37)34-21-12-4-17(2)5-13-21/h4-15,24-26H,3,16H2,1-2H3,(H,34,37)/t24-,25+,26-/m0/s1. The van der Waals surface area contributed by atoms with Crippen LogP contribution in [-0.4, -0.2) is 40.1 Å². The minimum atomic E-state index is -0.846. The molecule has 1 saturated heterocycles. The van der Waals surface area contributed by atoms with Crippen molar-refractivity contribution in [2.75, 3.05) is 16.8 Å². The van der Waals surface area contributed by atoms with Crippen LogP contribution < -0.4 is 15.1 Å². The van der Waals surface area contributed by atoms with E-state index >= 15 is 0 Å². The molecule has 0 unspecified atom stereocenters. The smallest absolute Gasteiger partial charge is 0.338 e. The molecule has 1 aromatic heterocycles. The van der Waals surface area contributed by atoms with Gasteiger partial charge in [0.05, 0.1) is 28.8 Å². The molecule has 4 aromatic rings. The van der Waals surface area contributed by atoms with Gasteiger partial charge in [-0.15, -0.1) is 0 Å². The number of nitrogens with one attached hydrogen (secondary N) is 1. The van der Waals surface area contributed by atoms with Gasteiger partial charge in [-0.1, -0.05) is 64.5 Å². The predicted octanol–water partition coefficient (Wildman–Crippen LogP) is 5.48. The van der Waals surface area contributed by atoms with Crippen LogP contribution in [0.4, 0.5) is 11.4 Å². The summed E-state index contributed by atoms with van der Waals surface area (Å²) in [6.07, 6.45) is 0. The van der Waals surface area contributed by atoms with Crippen LogP contribution in [0.5, 0.6) is 0 Å². The Morgan fingerprint density at radius 1 is 0.932 bits per heavy atom. The number of aromatic nitrogens is 1. The molecule has 3 atom stereocenters. The first kappa shape index (κ1) is 29.9. The van der Waals surface area contributed by atoms with Crippen LogP contribution in [0.15, 0.2) is 82.6 Å². The third kappa shape index (κ3) is 5.47. The molecule has 0 bridgehead atoms. The van der Waals surface area contributed by atoms with Crippen LogP contribution in [-0.2, 0) is 25.7 Å². The highest BCUT2D eigenvalue weighted by molar-refractivity contribution is 8.00. The number of amides is 3. The molecular weight excluding hydrogens is 622 g/mol. The second-order valence-corrected chi connectivity index (χ2v) is 13.0. The lowest BCUT2D eigenvalue weighted by Gasteiger charge is -2.30. The molecule has 3 amide bonds. The molecule has 1 fully saturated rings. The van der Waals surface area contributed by atoms with E-state index in [1.807, 2.05) is 19.1 Å². The van der Waals surface area contributed by atoms with E-state index in [0.717, 1.165) is 39.1 Å². The quantitative estimate of drug-likeness (QED) is 0.209. The minimum Gasteiger partial charge on any atom is -0.462 e. The summed E-state index contributed by atoms with van der Waals surface area (Å²) in [6, 6.07) is 20.4. The topological polar surface area (TPSA) is 115 Å². The van der Waals surface area contributed by atoms with E-state index in [-0.39, 0.29) is 23.9 Å². The number of thiazole rings is 1. The number of anilines is 2. The van der Waals surface area contributed by atoms with Gasteiger partial charge in [-0.05, 0) is 67.9 Å². The molecule has 44 heavy (non-hydrogen) atoms. The number of thioether (sulfide) groups is 1. The van der Waals surface area contributed by atoms with Crippen molar-refractivity contribution in [2.45, 2.75) is 36.6 Å². The van der Waals surface area contributed by atoms with Gasteiger partial charge < -0.3 is 10.1 Å². The zero-order valence-corrected chi connectivity index (χ0v) is 26.0. The molecule has 0 radical (unpaired) electrons. The Morgan fingerprint density at radius 2 is 1.61 bits per heavy atom. The molecule has 0 spiro atoms. The van der Waals surface area contributed by atoms with Crippen LogP contribution >= 0.6 is 34.7 Å². The van der Waals surface area contributed by atoms with Gasteiger partial charge in [-0.25, -0.2) is 9.69 Å². The number of halogens is 1. The largest absolute Gasteiger partial charge is 0.462 e. The Bertz CT molecular complexity index is 1830. The number of hydrogen-bond acceptors (Lipinski definition) is 8. The lowest BCUT2D eigenvalue weighted by Crippen LogP contribution is -2.33. The zero-order chi connectivity index (χ0) is 31.1. The lowest BCUT2D eigenvalue weighted by molar-refractivity contribution is -0.122. The molecule has 224 valence electrons. The lowest BCUT2D eigenvalue weighted by atomic mass is 9.83. The normalized spacial score (nSPS) is 19.0. The number of esters is 1. The summed E-state index contributed by atoms with van der Waals surface area (Å²) in [4.78, 5) is 67.9. The maximum absolute atomic E-state index is 14.1. The third-order valence-corrected chi connectivity index (χ3v) is 10.4. The number of imide groups is 1. The molecule has 12 heteroatoms. The first-order valence-electron chi connectivity index (χ1n) is 13.8. The van der Waals surface area contributed by atoms with Crippen LogP contribution in [0, 0.1) is 12.8 Å². The van der Waals surface area contributed by atoms with Gasteiger partial charge in [0.1, 0.15) is 11.8 Å². The average Bonchev–Trinajstić information content (AvgIpc) is 3.45. The van der Waals surface area contributed by atoms with E-state index < -0.39 is 34.9 Å². The van der Waals surface area contributed by atoms with E-state index in [2.05, 4.69) is 5.32 Å². The van der Waals surface area contributed by atoms with Crippen molar-refractivity contribution >= 4 is 69.8 Å². The molecule has 0 saturated carbocycles. The highest BCUT2D eigenvalue weighted by Gasteiger charge is 2.56. The van der Waals surface area contributed by atoms with Crippen molar-refractivity contribution in [1.82, 2.24) is 4.57 Å². The first-order valence-corrected chi connectivity index (χ1v) is 15.9. The number of carbonyl (C=O) groups is 4. The molecule has 6 rings (SSSR count). The summed E-state index contributed by atoms with van der Waals surface area (Å²) < 4.78 is 6.42. The van der Waals surface area contributed by atoms with E-state index in [1.54, 1.807) is 55.5 Å². The van der Waals surface area contributed by atoms with Gasteiger partial charge in [0.15, 0.2) is 0 Å². The summed E-state index contributed by atoms with van der Waals surface area (Å²) in [6.45, 7) is 3.62. The van der Waals surface area contributed by atoms with E-state index in [1.165, 1.54) is 16.7 Å². The Balaban J connectivity index is 1.36. The summed E-state index contributed by atoms with van der Waals surface area (Å²) in [5.41, 5.74) is 3.01. The summed E-state index contributed by atoms with van der Waals surface area (Å²) in [5, 5.41) is 2.97. The van der Waals surface area contributed by atoms with Crippen LogP contribution in [0.25, 0.3) is 0 Å². The molecule has 2 aliphatic rings. The number of carbonyl (C=O) groups excluding carboxylic acids is 4. The van der Waals surface area contributed by atoms with E-state index in [9.17, 15) is 24.0 Å². The number of aryl methyl sites for hydroxylation is 1. The highest BCUT2D eigenvalue weighted by Crippen LogP contribution is 2.54. The molecule has 9 nitrogen and oxygen atoms in total. The zero-order valence-electron chi connectivity index (χ0n) is 23.6. The summed E-state index contributed by atoms with van der Waals surface area (Å²) >= 11 is 8.28. The molecule has 3 heterocycles. The number of ether oxygens (including phenoxy) is 1. The summed E-state index contributed by atoms with van der Waals surface area (Å²) in [5.74, 6) is -3.16. The van der Waals surface area contributed by atoms with Crippen molar-refractivity contribution in [3.63, 3.8) is 0 Å². The fourth-order valence-corrected chi connectivity index (χ4v) is 8.38. The fourth-order valence-electron chi connectivity index (χ4n) is 5.48. The number of benzene rings is 3. The van der Waals surface area contributed by atoms with Crippen LogP contribution in [0.2, 0.25) is 5.02 Å². The number of hydrogen-bond donors (Lipinski definition) is 1. The van der Waals surface area contributed by atoms with Gasteiger partial charge in [-0.3, -0.25) is 23.7 Å². The molecule has 0 aliphatic carbocycles. The van der Waals surface area contributed by atoms with E-state index in [0.29, 0.717) is 31.9 Å². The molecule has 1 N–H and O–H groups in total. The maximum Gasteiger partial charge on any atom is 0.338 e. The van der Waals surface area contributed by atoms with Gasteiger partial charge in [0.25, 0.3) is 0 Å². The second kappa shape index (κ2) is 12.1. The number of rotatable bonds is 7. The minimum absolute atomic E-state index is 0.221. The second-order valence-electron chi connectivity index (χ2n) is 10.4. The highest BCUT2D eigenvalue weighted by atomic mass is 35.5. The predicted molar refractivity (Wildman–Crippen MR) is 170 cm³/mol. The van der Waals surface area contributed by atoms with Crippen LogP contribution in [0.1, 0.15) is 39.2 Å². The van der Waals surface area contributed by atoms with Crippen molar-refractivity contribution < 1.29 is 23.9 Å². The van der Waals surface area contributed by atoms with Crippen molar-refractivity contribution in [1.29, 1.82) is 0 Å². The molecular formula is C32H26ClN3O6S2. The van der Waals surface area contributed by atoms with Gasteiger partial charge in [-0.2, -0.15) is 0 Å². The first-order chi connectivity index (χ1) is 21.2. The third-order valence-electron chi connectivity index (χ3n) is 7.55. The van der Waals surface area contributed by atoms with Gasteiger partial charge >= 0.3 is 10.8 Å². The van der Waals surface area contributed by atoms with Gasteiger partial charge in [0.2, 0.25) is 17.7 Å². The SMILES string of the molecule is CCOC(=O)c1ccc(N2C(=O)[C@@H]3[C@H](c4ccc(Cl)cc4)c4sc(=O)n(CC(=O)Nc5ccc(C)cc5)c4S[C@@H]3C2=O)cc1. The Morgan fingerprint density at radius 3 is 2.27 bits per heavy atom. The number of fused-ring (bicyclic) bond motifs is 2. The average molecular weight is 648 g/mol. The monoisotopic (exact) mass is 647 g/mol. The molecule has 2 aliphatic heterocycles.